The normalized spacial score (nSPS) is 14.8. The van der Waals surface area contributed by atoms with Crippen LogP contribution in [0.4, 0.5) is 64.1 Å². The van der Waals surface area contributed by atoms with Crippen LogP contribution in [-0.4, -0.2) is 58.8 Å². The first-order valence-corrected chi connectivity index (χ1v) is 14.9. The molecule has 0 aromatic heterocycles. The molecule has 0 unspecified atom stereocenters. The highest BCUT2D eigenvalue weighted by molar-refractivity contribution is 6.15. The van der Waals surface area contributed by atoms with Crippen LogP contribution in [0.5, 0.6) is 11.5 Å². The quantitative estimate of drug-likeness (QED) is 0.0534. The van der Waals surface area contributed by atoms with Crippen molar-refractivity contribution in [3.8, 4) is 11.5 Å². The van der Waals surface area contributed by atoms with Crippen LogP contribution in [0.25, 0.3) is 0 Å². The van der Waals surface area contributed by atoms with Crippen LogP contribution in [-0.2, 0) is 20.3 Å². The van der Waals surface area contributed by atoms with Crippen molar-refractivity contribution in [1.29, 1.82) is 0 Å². The zero-order valence-electron chi connectivity index (χ0n) is 27.0. The second-order valence-corrected chi connectivity index (χ2v) is 11.9. The third kappa shape index (κ3) is 6.13. The van der Waals surface area contributed by atoms with Crippen molar-refractivity contribution in [3.05, 3.63) is 117 Å². The molecule has 0 bridgehead atoms. The van der Waals surface area contributed by atoms with Gasteiger partial charge in [-0.15, -0.1) is 0 Å². The first-order valence-electron chi connectivity index (χ1n) is 14.9. The summed E-state index contributed by atoms with van der Waals surface area (Å²) in [6.07, 6.45) is -23.7. The molecule has 2 heterocycles. The fourth-order valence-corrected chi connectivity index (χ4v) is 6.18. The van der Waals surface area contributed by atoms with Gasteiger partial charge in [0.25, 0.3) is 0 Å². The molecule has 0 saturated heterocycles. The maximum Gasteiger partial charge on any atom is 0.411 e. The number of carbonyl (C=O) groups is 4. The lowest BCUT2D eigenvalue weighted by atomic mass is 9.71. The first-order chi connectivity index (χ1) is 25.6. The lowest BCUT2D eigenvalue weighted by Crippen LogP contribution is -2.55. The molecule has 56 heavy (non-hydrogen) atoms. The Kier molecular flexibility index (Phi) is 9.51. The molecule has 6 rings (SSSR count). The van der Waals surface area contributed by atoms with E-state index in [0.717, 1.165) is 0 Å². The van der Waals surface area contributed by atoms with E-state index in [1.807, 2.05) is 0 Å². The molecule has 0 fully saturated rings. The molecule has 0 saturated carbocycles. The van der Waals surface area contributed by atoms with E-state index in [1.165, 1.54) is 0 Å². The number of benzene rings is 4. The van der Waals surface area contributed by atoms with Crippen LogP contribution in [0.15, 0.2) is 72.8 Å². The Morgan fingerprint density at radius 1 is 0.393 bits per heavy atom. The van der Waals surface area contributed by atoms with Crippen LogP contribution in [0, 0.1) is 0 Å². The largest absolute Gasteiger partial charge is 0.506 e. The van der Waals surface area contributed by atoms with Gasteiger partial charge in [0, 0.05) is 0 Å². The summed E-state index contributed by atoms with van der Waals surface area (Å²) in [6.45, 7) is 0. The molecule has 2 aliphatic rings. The molecule has 6 N–H and O–H groups in total. The monoisotopic (exact) mass is 810 g/mol. The SMILES string of the molecule is Nc1cc(C(c2ccc(O)c(N)c2)(C(F)(F)F)C(F)(F)F)ccc1O.O=C1OC(=O)c2cc(C(c3ccc4c(c3)C(=O)OC4=O)(C(F)(F)F)C(F)(F)F)ccc21. The minimum Gasteiger partial charge on any atom is -0.506 e. The van der Waals surface area contributed by atoms with Gasteiger partial charge in [-0.25, -0.2) is 19.2 Å². The van der Waals surface area contributed by atoms with Gasteiger partial charge in [-0.3, -0.25) is 0 Å². The molecular formula is C34H18F12N2O8. The van der Waals surface area contributed by atoms with E-state index in [1.54, 1.807) is 0 Å². The van der Waals surface area contributed by atoms with Gasteiger partial charge in [-0.05, 0) is 70.8 Å². The van der Waals surface area contributed by atoms with Gasteiger partial charge >= 0.3 is 48.6 Å². The van der Waals surface area contributed by atoms with Crippen molar-refractivity contribution in [2.45, 2.75) is 35.5 Å². The van der Waals surface area contributed by atoms with Crippen molar-refractivity contribution < 1.29 is 91.5 Å². The summed E-state index contributed by atoms with van der Waals surface area (Å²) in [5.74, 6) is -6.55. The van der Waals surface area contributed by atoms with E-state index in [2.05, 4.69) is 9.47 Å². The Balaban J connectivity index is 0.000000220. The molecule has 4 aromatic rings. The summed E-state index contributed by atoms with van der Waals surface area (Å²) in [7, 11) is 0. The molecule has 0 spiro atoms. The molecule has 296 valence electrons. The lowest BCUT2D eigenvalue weighted by Gasteiger charge is -2.38. The third-order valence-electron chi connectivity index (χ3n) is 8.78. The average molecular weight is 811 g/mol. The number of esters is 4. The predicted octanol–water partition coefficient (Wildman–Crippen LogP) is 7.39. The number of fused-ring (bicyclic) bond motifs is 2. The highest BCUT2D eigenvalue weighted by Crippen LogP contribution is 2.58. The minimum absolute atomic E-state index is 0.278. The van der Waals surface area contributed by atoms with E-state index in [4.69, 9.17) is 11.5 Å². The molecular weight excluding hydrogens is 792 g/mol. The number of rotatable bonds is 4. The van der Waals surface area contributed by atoms with Crippen molar-refractivity contribution in [1.82, 2.24) is 0 Å². The number of aromatic hydroxyl groups is 2. The molecule has 4 aromatic carbocycles. The summed E-state index contributed by atoms with van der Waals surface area (Å²) in [5, 5.41) is 18.7. The minimum atomic E-state index is -6.02. The number of carbonyl (C=O) groups excluding carboxylic acids is 4. The number of nitrogens with two attached hydrogens (primary N) is 2. The van der Waals surface area contributed by atoms with E-state index in [0.29, 0.717) is 60.7 Å². The van der Waals surface area contributed by atoms with Gasteiger partial charge in [-0.2, -0.15) is 52.7 Å². The molecule has 2 aliphatic heterocycles. The Morgan fingerprint density at radius 2 is 0.643 bits per heavy atom. The number of phenolic OH excluding ortho intramolecular Hbond substituents is 2. The molecule has 0 amide bonds. The van der Waals surface area contributed by atoms with E-state index in [-0.39, 0.29) is 12.1 Å². The standard InChI is InChI=1S/C19H6F6O6.C15H12F6N2O2/c20-18(21,22)17(19(23,24)25,7-1-3-9-11(5-7)15(28)30-13(9)26)8-2-4-10-12(6-8)16(29)31-14(10)27;16-14(17,18)13(15(19,20)21,7-1-3-11(24)9(22)5-7)8-2-4-12(25)10(23)6-8/h1-6H;1-6,24-25H,22-23H2. The van der Waals surface area contributed by atoms with Gasteiger partial charge in [0.1, 0.15) is 11.5 Å². The smallest absolute Gasteiger partial charge is 0.411 e. The van der Waals surface area contributed by atoms with Crippen molar-refractivity contribution in [2.24, 2.45) is 0 Å². The van der Waals surface area contributed by atoms with Crippen LogP contribution in [0.1, 0.15) is 63.7 Å². The lowest BCUT2D eigenvalue weighted by molar-refractivity contribution is -0.290. The number of hydrogen-bond donors (Lipinski definition) is 4. The summed E-state index contributed by atoms with van der Waals surface area (Å²) < 4.78 is 176. The summed E-state index contributed by atoms with van der Waals surface area (Å²) in [5.41, 5.74) is -7.76. The first kappa shape index (κ1) is 40.7. The predicted molar refractivity (Wildman–Crippen MR) is 163 cm³/mol. The van der Waals surface area contributed by atoms with Crippen LogP contribution < -0.4 is 11.5 Å². The Labute approximate surface area is 302 Å². The molecule has 22 heteroatoms. The maximum absolute atomic E-state index is 14.2. The average Bonchev–Trinajstić information content (AvgIpc) is 3.50. The molecule has 0 radical (unpaired) electrons. The molecule has 0 atom stereocenters. The number of ether oxygens (including phenoxy) is 2. The van der Waals surface area contributed by atoms with Crippen LogP contribution in [0.3, 0.4) is 0 Å². The second kappa shape index (κ2) is 13.1. The van der Waals surface area contributed by atoms with Crippen molar-refractivity contribution >= 4 is 35.3 Å². The Hall–Kier alpha value is -6.48. The summed E-state index contributed by atoms with van der Waals surface area (Å²) in [6, 6.07) is 5.64. The topological polar surface area (TPSA) is 179 Å². The van der Waals surface area contributed by atoms with E-state index in [9.17, 15) is 82.1 Å². The summed E-state index contributed by atoms with van der Waals surface area (Å²) in [4.78, 5) is 46.5. The fraction of sp³-hybridized carbons (Fsp3) is 0.176. The number of anilines is 2. The summed E-state index contributed by atoms with van der Waals surface area (Å²) >= 11 is 0. The van der Waals surface area contributed by atoms with E-state index >= 15 is 0 Å². The van der Waals surface area contributed by atoms with Gasteiger partial charge in [0.05, 0.1) is 33.6 Å². The van der Waals surface area contributed by atoms with Crippen molar-refractivity contribution in [3.63, 3.8) is 0 Å². The Morgan fingerprint density at radius 3 is 0.911 bits per heavy atom. The Bertz CT molecular complexity index is 2150. The van der Waals surface area contributed by atoms with E-state index < -0.39 is 127 Å². The van der Waals surface area contributed by atoms with Crippen LogP contribution in [0.2, 0.25) is 0 Å². The van der Waals surface area contributed by atoms with Crippen molar-refractivity contribution in [2.75, 3.05) is 11.5 Å². The zero-order chi connectivity index (χ0) is 42.1. The zero-order valence-corrected chi connectivity index (χ0v) is 27.0. The molecule has 10 nitrogen and oxygen atoms in total. The fourth-order valence-electron chi connectivity index (χ4n) is 6.18. The number of halogens is 12. The second-order valence-electron chi connectivity index (χ2n) is 11.9. The number of nitrogen functional groups attached to an aromatic ring is 2. The number of alkyl halides is 12. The number of hydrogen-bond acceptors (Lipinski definition) is 10. The highest BCUT2D eigenvalue weighted by atomic mass is 19.4. The van der Waals surface area contributed by atoms with Gasteiger partial charge in [0.15, 0.2) is 0 Å². The maximum atomic E-state index is 14.2. The van der Waals surface area contributed by atoms with Gasteiger partial charge in [0.2, 0.25) is 10.8 Å². The highest BCUT2D eigenvalue weighted by Gasteiger charge is 2.74. The third-order valence-corrected chi connectivity index (χ3v) is 8.78. The van der Waals surface area contributed by atoms with Gasteiger partial charge < -0.3 is 31.2 Å². The van der Waals surface area contributed by atoms with Gasteiger partial charge in [-0.1, -0.05) is 24.3 Å². The molecule has 0 aliphatic carbocycles. The number of phenols is 2. The number of cyclic esters (lactones) is 4. The van der Waals surface area contributed by atoms with Crippen LogP contribution >= 0.6 is 0 Å².